The third kappa shape index (κ3) is 5.27. The maximum atomic E-state index is 6.02. The summed E-state index contributed by atoms with van der Waals surface area (Å²) in [4.78, 5) is 0. The van der Waals surface area contributed by atoms with Crippen molar-refractivity contribution in [2.45, 2.75) is 27.0 Å². The van der Waals surface area contributed by atoms with E-state index in [0.717, 1.165) is 32.8 Å². The van der Waals surface area contributed by atoms with Crippen LogP contribution in [0.1, 0.15) is 22.3 Å². The highest BCUT2D eigenvalue weighted by atomic mass is 79.9. The van der Waals surface area contributed by atoms with Crippen LogP contribution < -0.4 is 14.8 Å². The number of methoxy groups -OCH3 is 1. The number of ether oxygens (including phenoxy) is 2. The Morgan fingerprint density at radius 2 is 1.48 bits per heavy atom. The largest absolute Gasteiger partial charge is 0.493 e. The van der Waals surface area contributed by atoms with Crippen molar-refractivity contribution in [3.8, 4) is 11.5 Å². The average molecular weight is 426 g/mol. The molecule has 0 atom stereocenters. The zero-order chi connectivity index (χ0) is 19.2. The number of halogens is 1. The molecule has 0 saturated carbocycles. The lowest BCUT2D eigenvalue weighted by molar-refractivity contribution is 0.282. The molecule has 27 heavy (non-hydrogen) atoms. The minimum Gasteiger partial charge on any atom is -0.493 e. The first-order chi connectivity index (χ1) is 13.0. The van der Waals surface area contributed by atoms with Crippen molar-refractivity contribution in [3.05, 3.63) is 87.4 Å². The molecule has 0 saturated heterocycles. The second kappa shape index (κ2) is 8.96. The van der Waals surface area contributed by atoms with E-state index in [9.17, 15) is 0 Å². The number of rotatable bonds is 7. The van der Waals surface area contributed by atoms with Crippen LogP contribution in [-0.4, -0.2) is 7.11 Å². The lowest BCUT2D eigenvalue weighted by Crippen LogP contribution is -2.03. The van der Waals surface area contributed by atoms with E-state index in [0.29, 0.717) is 13.2 Å². The van der Waals surface area contributed by atoms with E-state index in [-0.39, 0.29) is 0 Å². The summed E-state index contributed by atoms with van der Waals surface area (Å²) in [6, 6.07) is 20.8. The highest BCUT2D eigenvalue weighted by molar-refractivity contribution is 9.10. The van der Waals surface area contributed by atoms with E-state index in [1.54, 1.807) is 7.11 Å². The van der Waals surface area contributed by atoms with Gasteiger partial charge >= 0.3 is 0 Å². The van der Waals surface area contributed by atoms with Gasteiger partial charge in [-0.3, -0.25) is 0 Å². The van der Waals surface area contributed by atoms with E-state index in [2.05, 4.69) is 89.7 Å². The van der Waals surface area contributed by atoms with Crippen molar-refractivity contribution in [1.82, 2.24) is 0 Å². The molecule has 0 aromatic heterocycles. The second-order valence-corrected chi connectivity index (χ2v) is 7.46. The molecule has 1 N–H and O–H groups in total. The summed E-state index contributed by atoms with van der Waals surface area (Å²) in [5.41, 5.74) is 5.82. The third-order valence-electron chi connectivity index (χ3n) is 4.34. The van der Waals surface area contributed by atoms with Gasteiger partial charge in [0.2, 0.25) is 0 Å². The monoisotopic (exact) mass is 425 g/mol. The summed E-state index contributed by atoms with van der Waals surface area (Å²) in [5, 5.41) is 3.43. The molecular weight excluding hydrogens is 402 g/mol. The van der Waals surface area contributed by atoms with Gasteiger partial charge in [0.1, 0.15) is 6.61 Å². The first kappa shape index (κ1) is 19.3. The zero-order valence-electron chi connectivity index (χ0n) is 15.9. The predicted molar refractivity (Wildman–Crippen MR) is 115 cm³/mol. The molecule has 3 rings (SSSR count). The van der Waals surface area contributed by atoms with E-state index < -0.39 is 0 Å². The number of anilines is 1. The van der Waals surface area contributed by atoms with Gasteiger partial charge in [-0.25, -0.2) is 0 Å². The van der Waals surface area contributed by atoms with E-state index >= 15 is 0 Å². The van der Waals surface area contributed by atoms with Crippen LogP contribution in [0.2, 0.25) is 0 Å². The summed E-state index contributed by atoms with van der Waals surface area (Å²) in [6.07, 6.45) is 0. The fraction of sp³-hybridized carbons (Fsp3) is 0.217. The van der Waals surface area contributed by atoms with Gasteiger partial charge in [-0.15, -0.1) is 0 Å². The van der Waals surface area contributed by atoms with Crippen LogP contribution in [0.4, 0.5) is 5.69 Å². The fourth-order valence-electron chi connectivity index (χ4n) is 2.73. The van der Waals surface area contributed by atoms with Crippen LogP contribution in [0.3, 0.4) is 0 Å². The van der Waals surface area contributed by atoms with Gasteiger partial charge in [-0.05, 0) is 65.2 Å². The molecule has 0 spiro atoms. The van der Waals surface area contributed by atoms with Gasteiger partial charge in [0.25, 0.3) is 0 Å². The molecule has 0 bridgehead atoms. The van der Waals surface area contributed by atoms with Crippen molar-refractivity contribution >= 4 is 21.6 Å². The molecule has 4 heteroatoms. The highest BCUT2D eigenvalue weighted by Crippen LogP contribution is 2.37. The standard InChI is InChI=1S/C23H24BrNO2/c1-16-4-8-18(9-5-16)15-27-23-21(24)12-19(13-22(23)26-3)14-25-20-10-6-17(2)7-11-20/h4-13,25H,14-15H2,1-3H3. The highest BCUT2D eigenvalue weighted by Gasteiger charge is 2.12. The molecule has 0 aliphatic rings. The Labute approximate surface area is 169 Å². The van der Waals surface area contributed by atoms with Crippen LogP contribution in [0.5, 0.6) is 11.5 Å². The molecular formula is C23H24BrNO2. The first-order valence-corrected chi connectivity index (χ1v) is 9.70. The molecule has 3 nitrogen and oxygen atoms in total. The van der Waals surface area contributed by atoms with Gasteiger partial charge in [0.05, 0.1) is 11.6 Å². The molecule has 0 heterocycles. The summed E-state index contributed by atoms with van der Waals surface area (Å²) in [6.45, 7) is 5.36. The van der Waals surface area contributed by atoms with Crippen LogP contribution in [-0.2, 0) is 13.2 Å². The molecule has 140 valence electrons. The maximum Gasteiger partial charge on any atom is 0.175 e. The number of hydrogen-bond acceptors (Lipinski definition) is 3. The fourth-order valence-corrected chi connectivity index (χ4v) is 3.33. The molecule has 0 aliphatic carbocycles. The summed E-state index contributed by atoms with van der Waals surface area (Å²) >= 11 is 3.63. The Bertz CT molecular complexity index is 890. The first-order valence-electron chi connectivity index (χ1n) is 8.90. The SMILES string of the molecule is COc1cc(CNc2ccc(C)cc2)cc(Br)c1OCc1ccc(C)cc1. The van der Waals surface area contributed by atoms with Gasteiger partial charge in [0.15, 0.2) is 11.5 Å². The lowest BCUT2D eigenvalue weighted by atomic mass is 10.1. The van der Waals surface area contributed by atoms with Crippen molar-refractivity contribution in [2.75, 3.05) is 12.4 Å². The second-order valence-electron chi connectivity index (χ2n) is 6.60. The van der Waals surface area contributed by atoms with Gasteiger partial charge in [-0.2, -0.15) is 0 Å². The smallest absolute Gasteiger partial charge is 0.175 e. The van der Waals surface area contributed by atoms with Gasteiger partial charge < -0.3 is 14.8 Å². The van der Waals surface area contributed by atoms with Gasteiger partial charge in [0, 0.05) is 12.2 Å². The summed E-state index contributed by atoms with van der Waals surface area (Å²) in [7, 11) is 1.66. The molecule has 3 aromatic rings. The topological polar surface area (TPSA) is 30.5 Å². The molecule has 0 unspecified atom stereocenters. The number of benzene rings is 3. The summed E-state index contributed by atoms with van der Waals surface area (Å²) < 4.78 is 12.5. The predicted octanol–water partition coefficient (Wildman–Crippen LogP) is 6.27. The Kier molecular flexibility index (Phi) is 6.40. The van der Waals surface area contributed by atoms with E-state index in [1.165, 1.54) is 11.1 Å². The van der Waals surface area contributed by atoms with E-state index in [1.807, 2.05) is 6.07 Å². The van der Waals surface area contributed by atoms with Crippen LogP contribution >= 0.6 is 15.9 Å². The number of aryl methyl sites for hydroxylation is 2. The minimum atomic E-state index is 0.496. The molecule has 3 aromatic carbocycles. The Morgan fingerprint density at radius 1 is 0.852 bits per heavy atom. The van der Waals surface area contributed by atoms with Gasteiger partial charge in [-0.1, -0.05) is 47.5 Å². The molecule has 0 aliphatic heterocycles. The normalized spacial score (nSPS) is 10.5. The molecule has 0 fully saturated rings. The zero-order valence-corrected chi connectivity index (χ0v) is 17.5. The number of nitrogens with one attached hydrogen (secondary N) is 1. The number of hydrogen-bond donors (Lipinski definition) is 1. The van der Waals surface area contributed by atoms with Crippen LogP contribution in [0.25, 0.3) is 0 Å². The van der Waals surface area contributed by atoms with Crippen molar-refractivity contribution in [1.29, 1.82) is 0 Å². The molecule has 0 amide bonds. The van der Waals surface area contributed by atoms with Crippen molar-refractivity contribution in [2.24, 2.45) is 0 Å². The maximum absolute atomic E-state index is 6.02. The van der Waals surface area contributed by atoms with Crippen LogP contribution in [0, 0.1) is 13.8 Å². The Balaban J connectivity index is 1.70. The van der Waals surface area contributed by atoms with Crippen LogP contribution in [0.15, 0.2) is 65.1 Å². The average Bonchev–Trinajstić information content (AvgIpc) is 2.67. The van der Waals surface area contributed by atoms with Crippen molar-refractivity contribution in [3.63, 3.8) is 0 Å². The Hall–Kier alpha value is -2.46. The minimum absolute atomic E-state index is 0.496. The lowest BCUT2D eigenvalue weighted by Gasteiger charge is -2.15. The molecule has 0 radical (unpaired) electrons. The summed E-state index contributed by atoms with van der Waals surface area (Å²) in [5.74, 6) is 1.44. The van der Waals surface area contributed by atoms with E-state index in [4.69, 9.17) is 9.47 Å². The Morgan fingerprint density at radius 3 is 2.11 bits per heavy atom. The third-order valence-corrected chi connectivity index (χ3v) is 4.93. The van der Waals surface area contributed by atoms with Crippen molar-refractivity contribution < 1.29 is 9.47 Å². The quantitative estimate of drug-likeness (QED) is 0.483.